The van der Waals surface area contributed by atoms with E-state index < -0.39 is 6.16 Å². The summed E-state index contributed by atoms with van der Waals surface area (Å²) < 4.78 is 0. The Bertz CT molecular complexity index is 40.3. The molecule has 0 rings (SSSR count). The van der Waals surface area contributed by atoms with Gasteiger partial charge in [0, 0.05) is 0 Å². The van der Waals surface area contributed by atoms with Crippen LogP contribution in [0.1, 0.15) is 0 Å². The molecule has 8 heavy (non-hydrogen) atoms. The molecule has 0 atom stereocenters. The number of hydrogen-bond donors (Lipinski definition) is 2. The van der Waals surface area contributed by atoms with Crippen LogP contribution in [0.3, 0.4) is 0 Å². The molecule has 2 radical (unpaired) electrons. The van der Waals surface area contributed by atoms with Gasteiger partial charge in [-0.3, -0.25) is 0 Å². The van der Waals surface area contributed by atoms with Gasteiger partial charge in [0.05, 0.1) is 0 Å². The van der Waals surface area contributed by atoms with E-state index in [0.717, 1.165) is 0 Å². The van der Waals surface area contributed by atoms with Crippen molar-refractivity contribution < 1.29 is 15.0 Å². The number of carbonyl (C=O) groups is 1. The van der Waals surface area contributed by atoms with Crippen molar-refractivity contribution in [3.63, 3.8) is 0 Å². The Morgan fingerprint density at radius 2 is 1.12 bits per heavy atom. The Morgan fingerprint density at radius 3 is 1.12 bits per heavy atom. The molecule has 0 spiro atoms. The third-order valence-electron chi connectivity index (χ3n) is 0. The second-order valence-electron chi connectivity index (χ2n) is 0.283. The van der Waals surface area contributed by atoms with Crippen LogP contribution in [-0.4, -0.2) is 181 Å². The standard InChI is InChI=1S/CH2O3.2Cs.HI.Pb.4H/c2-1(3)4;;;;;;;;/h(H2,2,3,4);;;1H;;;;;. The summed E-state index contributed by atoms with van der Waals surface area (Å²) in [6.07, 6.45) is -1.83. The molecule has 0 aromatic rings. The molecule has 0 fully saturated rings. The number of hydrogen-bond acceptors (Lipinski definition) is 1. The third kappa shape index (κ3) is 43.9. The van der Waals surface area contributed by atoms with E-state index in [-0.39, 0.29) is 189 Å². The number of halogens is 1. The summed E-state index contributed by atoms with van der Waals surface area (Å²) in [5.41, 5.74) is 0. The Hall–Kier alpha value is 5.03. The molecule has 0 bridgehead atoms. The molecule has 7 heteroatoms. The minimum absolute atomic E-state index is 0. The van der Waals surface area contributed by atoms with Crippen molar-refractivity contribution in [2.45, 2.75) is 0 Å². The van der Waals surface area contributed by atoms with Gasteiger partial charge in [0.15, 0.2) is 0 Å². The van der Waals surface area contributed by atoms with Crippen molar-refractivity contribution in [1.29, 1.82) is 0 Å². The SMILES string of the molecule is I.O=C(O)O.[CsH].[CsH].[PbH2]. The maximum absolute atomic E-state index is 8.56. The third-order valence-corrected chi connectivity index (χ3v) is 0. The summed E-state index contributed by atoms with van der Waals surface area (Å²) in [4.78, 5) is 8.56. The van der Waals surface area contributed by atoms with Gasteiger partial charge < -0.3 is 10.2 Å². The minimum atomic E-state index is -1.83. The zero-order valence-corrected chi connectivity index (χ0v) is 10.7. The first-order chi connectivity index (χ1) is 1.73. The van der Waals surface area contributed by atoms with Crippen LogP contribution in [0, 0.1) is 0 Å². The van der Waals surface area contributed by atoms with Gasteiger partial charge in [0.2, 0.25) is 0 Å². The molecule has 2 N–H and O–H groups in total. The van der Waals surface area contributed by atoms with Crippen molar-refractivity contribution in [3.8, 4) is 0 Å². The van der Waals surface area contributed by atoms with E-state index in [1.54, 1.807) is 0 Å². The molecule has 0 saturated carbocycles. The quantitative estimate of drug-likeness (QED) is 0.248. The van der Waals surface area contributed by atoms with Gasteiger partial charge in [-0.15, -0.1) is 24.0 Å². The summed E-state index contributed by atoms with van der Waals surface area (Å²) in [6, 6.07) is 0. The second kappa shape index (κ2) is 22.7. The van der Waals surface area contributed by atoms with Crippen LogP contribution in [0.4, 0.5) is 4.79 Å². The molecular weight excluding hydrogens is 660 g/mol. The van der Waals surface area contributed by atoms with Crippen LogP contribution < -0.4 is 0 Å². The van der Waals surface area contributed by atoms with Crippen LogP contribution in [0.5, 0.6) is 0 Å². The fraction of sp³-hybridized carbons (Fsp3) is 0. The van der Waals surface area contributed by atoms with Crippen LogP contribution in [-0.2, 0) is 0 Å². The summed E-state index contributed by atoms with van der Waals surface area (Å²) in [6.45, 7) is 0. The normalized spacial score (nSPS) is 3.00. The van der Waals surface area contributed by atoms with E-state index in [4.69, 9.17) is 15.0 Å². The fourth-order valence-electron chi connectivity index (χ4n) is 0. The first-order valence-corrected chi connectivity index (χ1v) is 0.651. The molecule has 0 saturated heterocycles. The van der Waals surface area contributed by atoms with Crippen molar-refractivity contribution in [3.05, 3.63) is 0 Å². The molecule has 3 nitrogen and oxygen atoms in total. The summed E-state index contributed by atoms with van der Waals surface area (Å²) in [7, 11) is 0. The summed E-state index contributed by atoms with van der Waals surface area (Å²) >= 11 is 0. The first kappa shape index (κ1) is 29.2. The second-order valence-corrected chi connectivity index (χ2v) is 0.283. The van der Waals surface area contributed by atoms with E-state index >= 15 is 0 Å². The van der Waals surface area contributed by atoms with E-state index in [1.807, 2.05) is 0 Å². The fourth-order valence-corrected chi connectivity index (χ4v) is 0. The van der Waals surface area contributed by atoms with Gasteiger partial charge in [0.25, 0.3) is 0 Å². The van der Waals surface area contributed by atoms with Crippen molar-refractivity contribution in [2.75, 3.05) is 0 Å². The van der Waals surface area contributed by atoms with Crippen molar-refractivity contribution >= 4 is 195 Å². The van der Waals surface area contributed by atoms with Crippen molar-refractivity contribution in [1.82, 2.24) is 0 Å². The van der Waals surface area contributed by atoms with Gasteiger partial charge in [-0.25, -0.2) is 4.79 Å². The van der Waals surface area contributed by atoms with Gasteiger partial charge >= 0.3 is 171 Å². The Labute approximate surface area is 203 Å². The van der Waals surface area contributed by atoms with Gasteiger partial charge in [-0.1, -0.05) is 0 Å². The van der Waals surface area contributed by atoms with E-state index in [0.29, 0.717) is 0 Å². The maximum atomic E-state index is 8.56. The average molecular weight is 667 g/mol. The average Bonchev–Trinajstić information content (AvgIpc) is 0.811. The Morgan fingerprint density at radius 1 is 1.12 bits per heavy atom. The van der Waals surface area contributed by atoms with Crippen LogP contribution in [0.2, 0.25) is 0 Å². The summed E-state index contributed by atoms with van der Waals surface area (Å²) in [5.74, 6) is 0. The predicted octanol–water partition coefficient (Wildman–Crippen LogP) is -1.37. The molecule has 0 unspecified atom stereocenters. The predicted molar refractivity (Wildman–Crippen MR) is 48.9 cm³/mol. The Kier molecular flexibility index (Phi) is 83.0. The number of carboxylic acid groups (broad SMARTS) is 2. The van der Waals surface area contributed by atoms with E-state index in [9.17, 15) is 0 Å². The van der Waals surface area contributed by atoms with Gasteiger partial charge in [-0.2, -0.15) is 0 Å². The Balaban J connectivity index is -0.00000000750. The first-order valence-electron chi connectivity index (χ1n) is 0.651. The molecule has 0 aromatic heterocycles. The number of rotatable bonds is 0. The monoisotopic (exact) mass is 668 g/mol. The molecule has 0 heterocycles. The van der Waals surface area contributed by atoms with Crippen LogP contribution in [0.25, 0.3) is 0 Å². The molecule has 0 aromatic carbocycles. The zero-order valence-electron chi connectivity index (χ0n) is 2.92. The summed E-state index contributed by atoms with van der Waals surface area (Å²) in [5, 5.41) is 13.9. The van der Waals surface area contributed by atoms with Crippen LogP contribution >= 0.6 is 24.0 Å². The van der Waals surface area contributed by atoms with Gasteiger partial charge in [-0.05, 0) is 0 Å². The zero-order chi connectivity index (χ0) is 3.58. The molecule has 0 aliphatic rings. The molecule has 0 aliphatic carbocycles. The molecule has 0 aliphatic heterocycles. The van der Waals surface area contributed by atoms with Gasteiger partial charge in [0.1, 0.15) is 0 Å². The molecule has 42 valence electrons. The topological polar surface area (TPSA) is 57.5 Å². The molecule has 0 amide bonds. The van der Waals surface area contributed by atoms with E-state index in [1.165, 1.54) is 0 Å². The molecular formula is CH7Cs2IO3Pb. The van der Waals surface area contributed by atoms with E-state index in [2.05, 4.69) is 0 Å². The van der Waals surface area contributed by atoms with Crippen LogP contribution in [0.15, 0.2) is 0 Å². The van der Waals surface area contributed by atoms with Crippen molar-refractivity contribution in [2.24, 2.45) is 0 Å².